The minimum absolute atomic E-state index is 0. The third-order valence-corrected chi connectivity index (χ3v) is 4.58. The van der Waals surface area contributed by atoms with Crippen LogP contribution < -0.4 is 10.5 Å². The summed E-state index contributed by atoms with van der Waals surface area (Å²) in [6, 6.07) is 7.18. The van der Waals surface area contributed by atoms with Gasteiger partial charge >= 0.3 is 0 Å². The minimum atomic E-state index is -0.00668. The topological polar surface area (TPSA) is 75.9 Å². The molecule has 146 valence electrons. The molecule has 2 N–H and O–H groups in total. The largest absolute Gasteiger partial charge is 0.497 e. The number of carbonyl (C=O) groups is 2. The van der Waals surface area contributed by atoms with Crippen LogP contribution in [0.25, 0.3) is 0 Å². The van der Waals surface area contributed by atoms with Gasteiger partial charge in [0.1, 0.15) is 5.75 Å². The van der Waals surface area contributed by atoms with E-state index in [1.165, 1.54) is 0 Å². The zero-order valence-corrected chi connectivity index (χ0v) is 16.3. The van der Waals surface area contributed by atoms with Crippen molar-refractivity contribution in [2.45, 2.75) is 32.1 Å². The fourth-order valence-corrected chi connectivity index (χ4v) is 3.03. The Bertz CT molecular complexity index is 575. The number of carbonyl (C=O) groups excluding carboxylic acids is 2. The van der Waals surface area contributed by atoms with Crippen LogP contribution in [-0.2, 0) is 4.79 Å². The summed E-state index contributed by atoms with van der Waals surface area (Å²) in [5.74, 6) is 0.864. The molecule has 0 aromatic heterocycles. The quantitative estimate of drug-likeness (QED) is 0.699. The first-order chi connectivity index (χ1) is 12.2. The molecule has 0 radical (unpaired) electrons. The van der Waals surface area contributed by atoms with Crippen molar-refractivity contribution in [2.75, 3.05) is 39.8 Å². The van der Waals surface area contributed by atoms with Crippen LogP contribution in [0.4, 0.5) is 0 Å². The second kappa shape index (κ2) is 11.8. The molecule has 2 rings (SSSR count). The van der Waals surface area contributed by atoms with Gasteiger partial charge in [-0.1, -0.05) is 18.9 Å². The van der Waals surface area contributed by atoms with Gasteiger partial charge in [0.15, 0.2) is 0 Å². The highest BCUT2D eigenvalue weighted by Gasteiger charge is 2.24. The van der Waals surface area contributed by atoms with E-state index in [4.69, 9.17) is 10.5 Å². The Balaban J connectivity index is 0.00000338. The van der Waals surface area contributed by atoms with E-state index < -0.39 is 0 Å². The minimum Gasteiger partial charge on any atom is -0.497 e. The van der Waals surface area contributed by atoms with Gasteiger partial charge in [-0.25, -0.2) is 0 Å². The molecule has 1 aromatic rings. The normalized spacial score (nSPS) is 13.9. The molecule has 0 saturated carbocycles. The van der Waals surface area contributed by atoms with Crippen LogP contribution in [-0.4, -0.2) is 61.4 Å². The average molecular weight is 384 g/mol. The number of ether oxygens (including phenoxy) is 1. The fraction of sp³-hybridized carbons (Fsp3) is 0.579. The highest BCUT2D eigenvalue weighted by Crippen LogP contribution is 2.16. The zero-order chi connectivity index (χ0) is 18.1. The maximum absolute atomic E-state index is 12.6. The monoisotopic (exact) mass is 383 g/mol. The molecule has 6 nitrogen and oxygen atoms in total. The lowest BCUT2D eigenvalue weighted by molar-refractivity contribution is -0.132. The Hall–Kier alpha value is -1.79. The van der Waals surface area contributed by atoms with Crippen molar-refractivity contribution in [1.82, 2.24) is 9.80 Å². The summed E-state index contributed by atoms with van der Waals surface area (Å²) < 4.78 is 5.17. The van der Waals surface area contributed by atoms with Crippen LogP contribution in [0.2, 0.25) is 0 Å². The number of hydrogen-bond donors (Lipinski definition) is 1. The van der Waals surface area contributed by atoms with E-state index in [-0.39, 0.29) is 24.2 Å². The molecular formula is C19H30ClN3O3. The SMILES string of the molecule is COc1cccc(C(=O)N2CCN(C(=O)CCCCCCN)CC2)c1.Cl. The predicted molar refractivity (Wildman–Crippen MR) is 105 cm³/mol. The van der Waals surface area contributed by atoms with Crippen molar-refractivity contribution in [3.05, 3.63) is 29.8 Å². The number of benzene rings is 1. The summed E-state index contributed by atoms with van der Waals surface area (Å²) >= 11 is 0. The lowest BCUT2D eigenvalue weighted by Gasteiger charge is -2.35. The zero-order valence-electron chi connectivity index (χ0n) is 15.5. The van der Waals surface area contributed by atoms with Crippen LogP contribution in [0.3, 0.4) is 0 Å². The Morgan fingerprint density at radius 3 is 2.35 bits per heavy atom. The second-order valence-electron chi connectivity index (χ2n) is 6.36. The summed E-state index contributed by atoms with van der Waals surface area (Å²) in [5.41, 5.74) is 6.09. The third kappa shape index (κ3) is 6.50. The number of nitrogens with zero attached hydrogens (tertiary/aromatic N) is 2. The number of unbranched alkanes of at least 4 members (excludes halogenated alkanes) is 3. The number of hydrogen-bond acceptors (Lipinski definition) is 4. The van der Waals surface area contributed by atoms with Gasteiger partial charge in [0, 0.05) is 38.2 Å². The fourth-order valence-electron chi connectivity index (χ4n) is 3.03. The molecule has 0 atom stereocenters. The van der Waals surface area contributed by atoms with E-state index in [1.807, 2.05) is 17.0 Å². The van der Waals surface area contributed by atoms with E-state index in [0.29, 0.717) is 43.9 Å². The molecule has 26 heavy (non-hydrogen) atoms. The number of amides is 2. The average Bonchev–Trinajstić information content (AvgIpc) is 2.67. The highest BCUT2D eigenvalue weighted by atomic mass is 35.5. The summed E-state index contributed by atoms with van der Waals surface area (Å²) in [6.45, 7) is 3.09. The molecule has 1 aliphatic heterocycles. The molecule has 1 aliphatic rings. The molecule has 0 unspecified atom stereocenters. The Labute approximate surface area is 162 Å². The van der Waals surface area contributed by atoms with Gasteiger partial charge < -0.3 is 20.3 Å². The van der Waals surface area contributed by atoms with Crippen LogP contribution in [0, 0.1) is 0 Å². The number of nitrogens with two attached hydrogens (primary N) is 1. The lowest BCUT2D eigenvalue weighted by atomic mass is 10.1. The number of piperazine rings is 1. The van der Waals surface area contributed by atoms with Gasteiger partial charge in [-0.05, 0) is 37.6 Å². The first-order valence-corrected chi connectivity index (χ1v) is 9.07. The van der Waals surface area contributed by atoms with E-state index in [9.17, 15) is 9.59 Å². The number of methoxy groups -OCH3 is 1. The first kappa shape index (κ1) is 22.3. The summed E-state index contributed by atoms with van der Waals surface area (Å²) in [4.78, 5) is 28.5. The molecule has 1 aromatic carbocycles. The molecule has 1 saturated heterocycles. The van der Waals surface area contributed by atoms with Crippen LogP contribution in [0.5, 0.6) is 5.75 Å². The van der Waals surface area contributed by atoms with Crippen LogP contribution >= 0.6 is 12.4 Å². The van der Waals surface area contributed by atoms with Crippen molar-refractivity contribution >= 4 is 24.2 Å². The highest BCUT2D eigenvalue weighted by molar-refractivity contribution is 5.94. The molecule has 1 heterocycles. The molecule has 0 bridgehead atoms. The molecular weight excluding hydrogens is 354 g/mol. The van der Waals surface area contributed by atoms with Crippen molar-refractivity contribution < 1.29 is 14.3 Å². The second-order valence-corrected chi connectivity index (χ2v) is 6.36. The summed E-state index contributed by atoms with van der Waals surface area (Å²) in [6.07, 6.45) is 4.68. The van der Waals surface area contributed by atoms with E-state index >= 15 is 0 Å². The van der Waals surface area contributed by atoms with Crippen molar-refractivity contribution in [3.8, 4) is 5.75 Å². The molecule has 2 amide bonds. The van der Waals surface area contributed by atoms with Crippen molar-refractivity contribution in [1.29, 1.82) is 0 Å². The van der Waals surface area contributed by atoms with E-state index in [0.717, 1.165) is 32.2 Å². The smallest absolute Gasteiger partial charge is 0.254 e. The van der Waals surface area contributed by atoms with Gasteiger partial charge in [-0.15, -0.1) is 12.4 Å². The third-order valence-electron chi connectivity index (χ3n) is 4.58. The van der Waals surface area contributed by atoms with Gasteiger partial charge in [0.2, 0.25) is 5.91 Å². The van der Waals surface area contributed by atoms with Gasteiger partial charge in [0.25, 0.3) is 5.91 Å². The Morgan fingerprint density at radius 1 is 1.04 bits per heavy atom. The first-order valence-electron chi connectivity index (χ1n) is 9.07. The molecule has 1 fully saturated rings. The Kier molecular flexibility index (Phi) is 10.1. The van der Waals surface area contributed by atoms with Crippen LogP contribution in [0.1, 0.15) is 42.5 Å². The lowest BCUT2D eigenvalue weighted by Crippen LogP contribution is -2.50. The number of halogens is 1. The van der Waals surface area contributed by atoms with Crippen molar-refractivity contribution in [3.63, 3.8) is 0 Å². The molecule has 7 heteroatoms. The van der Waals surface area contributed by atoms with Gasteiger partial charge in [0.05, 0.1) is 7.11 Å². The maximum atomic E-state index is 12.6. The summed E-state index contributed by atoms with van der Waals surface area (Å²) in [7, 11) is 1.59. The Morgan fingerprint density at radius 2 is 1.69 bits per heavy atom. The molecule has 0 aliphatic carbocycles. The van der Waals surface area contributed by atoms with Crippen molar-refractivity contribution in [2.24, 2.45) is 5.73 Å². The summed E-state index contributed by atoms with van der Waals surface area (Å²) in [5, 5.41) is 0. The van der Waals surface area contributed by atoms with Gasteiger partial charge in [-0.2, -0.15) is 0 Å². The maximum Gasteiger partial charge on any atom is 0.254 e. The molecule has 0 spiro atoms. The van der Waals surface area contributed by atoms with Crippen LogP contribution in [0.15, 0.2) is 24.3 Å². The standard InChI is InChI=1S/C19H29N3O3.ClH/c1-25-17-8-6-7-16(15-17)19(24)22-13-11-21(12-14-22)18(23)9-4-2-3-5-10-20;/h6-8,15H,2-5,9-14,20H2,1H3;1H. The number of rotatable bonds is 8. The predicted octanol–water partition coefficient (Wildman–Crippen LogP) is 2.31. The van der Waals surface area contributed by atoms with Gasteiger partial charge in [-0.3, -0.25) is 9.59 Å². The van der Waals surface area contributed by atoms with E-state index in [1.54, 1.807) is 24.1 Å². The van der Waals surface area contributed by atoms with E-state index in [2.05, 4.69) is 0 Å².